The molecule has 0 saturated heterocycles. The van der Waals surface area contributed by atoms with Crippen molar-refractivity contribution in [3.05, 3.63) is 47.2 Å². The van der Waals surface area contributed by atoms with Crippen LogP contribution in [0.15, 0.2) is 36.5 Å². The van der Waals surface area contributed by atoms with Gasteiger partial charge >= 0.3 is 11.8 Å². The Morgan fingerprint density at radius 2 is 2.00 bits per heavy atom. The van der Waals surface area contributed by atoms with Crippen molar-refractivity contribution in [2.75, 3.05) is 5.32 Å². The third-order valence-corrected chi connectivity index (χ3v) is 3.16. The highest BCUT2D eigenvalue weighted by molar-refractivity contribution is 6.34. The van der Waals surface area contributed by atoms with Crippen LogP contribution in [0.2, 0.25) is 5.02 Å². The Hall–Kier alpha value is -1.88. The number of alkyl halides is 2. The first-order chi connectivity index (χ1) is 8.51. The Labute approximate surface area is 106 Å². The standard InChI is InChI=1S/C12H7ClF2N2O/c13-7-3-1-4-8-10(7)16-11(18)12(14,15)9-5-2-6-17(8)9/h1-6H,(H,16,18). The first kappa shape index (κ1) is 11.2. The molecule has 0 fully saturated rings. The third-order valence-electron chi connectivity index (χ3n) is 2.85. The van der Waals surface area contributed by atoms with E-state index in [9.17, 15) is 13.6 Å². The second-order valence-electron chi connectivity index (χ2n) is 3.93. The lowest BCUT2D eigenvalue weighted by atomic mass is 10.2. The molecule has 1 aromatic carbocycles. The van der Waals surface area contributed by atoms with Crippen molar-refractivity contribution in [1.29, 1.82) is 0 Å². The molecule has 1 aliphatic heterocycles. The molecule has 3 nitrogen and oxygen atoms in total. The molecule has 0 saturated carbocycles. The molecule has 0 aliphatic carbocycles. The first-order valence-electron chi connectivity index (χ1n) is 5.18. The van der Waals surface area contributed by atoms with Gasteiger partial charge in [-0.2, -0.15) is 8.78 Å². The first-order valence-corrected chi connectivity index (χ1v) is 5.55. The molecule has 0 radical (unpaired) electrons. The van der Waals surface area contributed by atoms with Crippen LogP contribution in [0, 0.1) is 0 Å². The zero-order chi connectivity index (χ0) is 12.9. The summed E-state index contributed by atoms with van der Waals surface area (Å²) in [7, 11) is 0. The molecule has 1 N–H and O–H groups in total. The largest absolute Gasteiger partial charge is 0.364 e. The number of aromatic nitrogens is 1. The van der Waals surface area contributed by atoms with Gasteiger partial charge in [-0.15, -0.1) is 0 Å². The van der Waals surface area contributed by atoms with Gasteiger partial charge in [0.05, 0.1) is 16.4 Å². The van der Waals surface area contributed by atoms with Gasteiger partial charge in [0.15, 0.2) is 0 Å². The van der Waals surface area contributed by atoms with Crippen LogP contribution < -0.4 is 5.32 Å². The van der Waals surface area contributed by atoms with Crippen LogP contribution in [0.4, 0.5) is 14.5 Å². The van der Waals surface area contributed by atoms with Gasteiger partial charge in [-0.05, 0) is 24.3 Å². The van der Waals surface area contributed by atoms with E-state index in [1.54, 1.807) is 12.1 Å². The van der Waals surface area contributed by atoms with E-state index in [2.05, 4.69) is 5.32 Å². The van der Waals surface area contributed by atoms with Gasteiger partial charge in [-0.1, -0.05) is 17.7 Å². The van der Waals surface area contributed by atoms with E-state index in [4.69, 9.17) is 11.6 Å². The lowest BCUT2D eigenvalue weighted by Gasteiger charge is -2.12. The number of halogens is 3. The van der Waals surface area contributed by atoms with Crippen molar-refractivity contribution < 1.29 is 13.6 Å². The van der Waals surface area contributed by atoms with E-state index in [0.29, 0.717) is 5.69 Å². The van der Waals surface area contributed by atoms with Crippen molar-refractivity contribution in [1.82, 2.24) is 4.57 Å². The van der Waals surface area contributed by atoms with Crippen LogP contribution in [-0.2, 0) is 10.7 Å². The molecule has 1 aliphatic rings. The zero-order valence-electron chi connectivity index (χ0n) is 8.95. The summed E-state index contributed by atoms with van der Waals surface area (Å²) in [6, 6.07) is 7.47. The predicted molar refractivity (Wildman–Crippen MR) is 63.3 cm³/mol. The highest BCUT2D eigenvalue weighted by Gasteiger charge is 2.46. The third kappa shape index (κ3) is 1.37. The van der Waals surface area contributed by atoms with Crippen LogP contribution in [0.1, 0.15) is 5.69 Å². The average molecular weight is 269 g/mol. The summed E-state index contributed by atoms with van der Waals surface area (Å²) in [5, 5.41) is 2.39. The number of anilines is 1. The van der Waals surface area contributed by atoms with E-state index in [1.807, 2.05) is 0 Å². The summed E-state index contributed by atoms with van der Waals surface area (Å²) >= 11 is 5.93. The molecule has 92 valence electrons. The number of amides is 1. The topological polar surface area (TPSA) is 34.0 Å². The normalized spacial score (nSPS) is 16.5. The number of hydrogen-bond donors (Lipinski definition) is 1. The lowest BCUT2D eigenvalue weighted by Crippen LogP contribution is -2.31. The fourth-order valence-corrected chi connectivity index (χ4v) is 2.21. The highest BCUT2D eigenvalue weighted by atomic mass is 35.5. The number of carbonyl (C=O) groups excluding carboxylic acids is 1. The predicted octanol–water partition coefficient (Wildman–Crippen LogP) is 3.17. The van der Waals surface area contributed by atoms with Crippen LogP contribution in [0.25, 0.3) is 5.69 Å². The summed E-state index contributed by atoms with van der Waals surface area (Å²) in [6.45, 7) is 0. The fourth-order valence-electron chi connectivity index (χ4n) is 1.99. The SMILES string of the molecule is O=C1Nc2c(Cl)cccc2-n2cccc2C1(F)F. The monoisotopic (exact) mass is 268 g/mol. The molecule has 1 amide bonds. The van der Waals surface area contributed by atoms with Gasteiger partial charge in [0, 0.05) is 6.20 Å². The second kappa shape index (κ2) is 3.55. The van der Waals surface area contributed by atoms with Gasteiger partial charge in [-0.25, -0.2) is 0 Å². The van der Waals surface area contributed by atoms with Crippen LogP contribution in [0.3, 0.4) is 0 Å². The van der Waals surface area contributed by atoms with Crippen LogP contribution in [-0.4, -0.2) is 10.5 Å². The molecule has 0 atom stereocenters. The number of hydrogen-bond acceptors (Lipinski definition) is 1. The molecule has 1 aromatic heterocycles. The lowest BCUT2D eigenvalue weighted by molar-refractivity contribution is -0.141. The minimum Gasteiger partial charge on any atom is -0.317 e. The molecule has 18 heavy (non-hydrogen) atoms. The molecule has 3 rings (SSSR count). The number of benzene rings is 1. The van der Waals surface area contributed by atoms with E-state index >= 15 is 0 Å². The number of carbonyl (C=O) groups is 1. The van der Waals surface area contributed by atoms with Crippen LogP contribution in [0.5, 0.6) is 0 Å². The molecular formula is C12H7ClF2N2O. The zero-order valence-corrected chi connectivity index (χ0v) is 9.71. The summed E-state index contributed by atoms with van der Waals surface area (Å²) in [4.78, 5) is 11.6. The van der Waals surface area contributed by atoms with Crippen molar-refractivity contribution in [2.45, 2.75) is 5.92 Å². The number of fused-ring (bicyclic) bond motifs is 3. The van der Waals surface area contributed by atoms with Gasteiger partial charge in [0.2, 0.25) is 0 Å². The molecule has 0 bridgehead atoms. The maximum atomic E-state index is 13.9. The second-order valence-corrected chi connectivity index (χ2v) is 4.33. The highest BCUT2D eigenvalue weighted by Crippen LogP contribution is 2.39. The number of nitrogens with one attached hydrogen (secondary N) is 1. The van der Waals surface area contributed by atoms with Crippen LogP contribution >= 0.6 is 11.6 Å². The van der Waals surface area contributed by atoms with Gasteiger partial charge < -0.3 is 9.88 Å². The number of nitrogens with zero attached hydrogens (tertiary/aromatic N) is 1. The summed E-state index contributed by atoms with van der Waals surface area (Å²) in [6.07, 6.45) is 1.47. The molecule has 2 aromatic rings. The van der Waals surface area contributed by atoms with Crippen molar-refractivity contribution in [3.8, 4) is 5.69 Å². The van der Waals surface area contributed by atoms with E-state index in [1.165, 1.54) is 29.0 Å². The minimum absolute atomic E-state index is 0.193. The Balaban J connectivity index is 2.37. The Bertz CT molecular complexity index is 651. The Morgan fingerprint density at radius 3 is 2.78 bits per heavy atom. The molecule has 0 spiro atoms. The van der Waals surface area contributed by atoms with Gasteiger partial charge in [-0.3, -0.25) is 4.79 Å². The molecule has 0 unspecified atom stereocenters. The van der Waals surface area contributed by atoms with Gasteiger partial charge in [0.1, 0.15) is 5.69 Å². The smallest absolute Gasteiger partial charge is 0.317 e. The summed E-state index contributed by atoms with van der Waals surface area (Å²) in [5.41, 5.74) is 0.243. The maximum Gasteiger partial charge on any atom is 0.364 e. The van der Waals surface area contributed by atoms with E-state index < -0.39 is 11.8 Å². The summed E-state index contributed by atoms with van der Waals surface area (Å²) in [5.74, 6) is -4.97. The molecular weight excluding hydrogens is 262 g/mol. The van der Waals surface area contributed by atoms with Gasteiger partial charge in [0.25, 0.3) is 0 Å². The summed E-state index contributed by atoms with van der Waals surface area (Å²) < 4.78 is 29.1. The molecule has 6 heteroatoms. The fraction of sp³-hybridized carbons (Fsp3) is 0.0833. The van der Waals surface area contributed by atoms with E-state index in [0.717, 1.165) is 0 Å². The Kier molecular flexibility index (Phi) is 2.22. The maximum absolute atomic E-state index is 13.9. The molecule has 2 heterocycles. The van der Waals surface area contributed by atoms with Crippen molar-refractivity contribution in [3.63, 3.8) is 0 Å². The van der Waals surface area contributed by atoms with E-state index in [-0.39, 0.29) is 16.4 Å². The Morgan fingerprint density at radius 1 is 1.22 bits per heavy atom. The van der Waals surface area contributed by atoms with Crippen molar-refractivity contribution in [2.24, 2.45) is 0 Å². The number of rotatable bonds is 0. The average Bonchev–Trinajstić information content (AvgIpc) is 2.78. The minimum atomic E-state index is -3.59. The van der Waals surface area contributed by atoms with Crippen molar-refractivity contribution >= 4 is 23.2 Å². The quantitative estimate of drug-likeness (QED) is 0.782. The number of para-hydroxylation sites is 1.